The summed E-state index contributed by atoms with van der Waals surface area (Å²) in [5.74, 6) is -3.87. The van der Waals surface area contributed by atoms with Gasteiger partial charge in [-0.2, -0.15) is 0 Å². The quantitative estimate of drug-likeness (QED) is 0.849. The molecule has 0 aromatic heterocycles. The Kier molecular flexibility index (Phi) is 4.78. The maximum Gasteiger partial charge on any atom is 0.326 e. The maximum absolute atomic E-state index is 13.7. The Morgan fingerprint density at radius 2 is 1.91 bits per heavy atom. The number of aliphatic carboxylic acids is 1. The van der Waals surface area contributed by atoms with Gasteiger partial charge in [0.1, 0.15) is 17.7 Å². The summed E-state index contributed by atoms with van der Waals surface area (Å²) in [4.78, 5) is 23.2. The van der Waals surface area contributed by atoms with Gasteiger partial charge in [0.25, 0.3) is 0 Å². The lowest BCUT2D eigenvalue weighted by atomic mass is 10.0. The monoisotopic (exact) mass is 311 g/mol. The summed E-state index contributed by atoms with van der Waals surface area (Å²) in [5, 5.41) is 11.6. The van der Waals surface area contributed by atoms with Gasteiger partial charge in [-0.25, -0.2) is 13.6 Å². The molecule has 1 amide bonds. The van der Waals surface area contributed by atoms with Crippen molar-refractivity contribution in [2.45, 2.75) is 38.6 Å². The fraction of sp³-hybridized carbons (Fsp3) is 0.500. The summed E-state index contributed by atoms with van der Waals surface area (Å²) in [6, 6.07) is 2.61. The predicted octanol–water partition coefficient (Wildman–Crippen LogP) is 2.68. The highest BCUT2D eigenvalue weighted by atomic mass is 19.1. The van der Waals surface area contributed by atoms with Crippen LogP contribution in [0.15, 0.2) is 18.2 Å². The molecule has 1 saturated carbocycles. The van der Waals surface area contributed by atoms with Crippen molar-refractivity contribution in [1.82, 2.24) is 5.32 Å². The van der Waals surface area contributed by atoms with E-state index in [1.807, 2.05) is 13.8 Å². The molecule has 120 valence electrons. The van der Waals surface area contributed by atoms with Gasteiger partial charge in [0.05, 0.1) is 0 Å². The lowest BCUT2D eigenvalue weighted by molar-refractivity contribution is -0.142. The maximum atomic E-state index is 13.7. The van der Waals surface area contributed by atoms with Gasteiger partial charge in [0.15, 0.2) is 0 Å². The number of nitrogens with one attached hydrogen (secondary N) is 1. The Balaban J connectivity index is 2.02. The van der Waals surface area contributed by atoms with Gasteiger partial charge in [0.2, 0.25) is 5.91 Å². The van der Waals surface area contributed by atoms with Crippen LogP contribution in [0.3, 0.4) is 0 Å². The van der Waals surface area contributed by atoms with E-state index in [-0.39, 0.29) is 11.5 Å². The molecule has 1 aromatic rings. The van der Waals surface area contributed by atoms with Crippen LogP contribution in [0, 0.1) is 23.5 Å². The zero-order valence-electron chi connectivity index (χ0n) is 12.5. The van der Waals surface area contributed by atoms with Crippen LogP contribution in [0.5, 0.6) is 0 Å². The van der Waals surface area contributed by atoms with Crippen molar-refractivity contribution in [3.8, 4) is 0 Å². The third-order valence-electron chi connectivity index (χ3n) is 3.82. The predicted molar refractivity (Wildman–Crippen MR) is 76.2 cm³/mol. The number of benzene rings is 1. The van der Waals surface area contributed by atoms with E-state index in [4.69, 9.17) is 5.11 Å². The van der Waals surface area contributed by atoms with E-state index in [0.29, 0.717) is 12.8 Å². The standard InChI is InChI=1S/C16H19F2NO3/c1-8(2)6-13(16(21)22)19-15(20)10-7-9(10)14-11(17)4-3-5-12(14)18/h3-5,8-10,13H,6-7H2,1-2H3,(H,19,20)(H,21,22)/t9?,10?,13-/m1/s1. The summed E-state index contributed by atoms with van der Waals surface area (Å²) in [6.07, 6.45) is 0.643. The number of carbonyl (C=O) groups excluding carboxylic acids is 1. The average molecular weight is 311 g/mol. The SMILES string of the molecule is CC(C)C[C@@H](NC(=O)C1CC1c1c(F)cccc1F)C(=O)O. The summed E-state index contributed by atoms with van der Waals surface area (Å²) >= 11 is 0. The molecule has 1 aliphatic carbocycles. The van der Waals surface area contributed by atoms with Crippen LogP contribution in [0.25, 0.3) is 0 Å². The molecule has 2 rings (SSSR count). The second-order valence-electron chi connectivity index (χ2n) is 6.11. The van der Waals surface area contributed by atoms with Crippen LogP contribution in [-0.4, -0.2) is 23.0 Å². The first-order valence-corrected chi connectivity index (χ1v) is 7.28. The molecule has 0 aliphatic heterocycles. The first-order chi connectivity index (χ1) is 10.3. The largest absolute Gasteiger partial charge is 0.480 e. The van der Waals surface area contributed by atoms with Crippen molar-refractivity contribution in [2.24, 2.45) is 11.8 Å². The van der Waals surface area contributed by atoms with E-state index >= 15 is 0 Å². The van der Waals surface area contributed by atoms with Crippen molar-refractivity contribution >= 4 is 11.9 Å². The summed E-state index contributed by atoms with van der Waals surface area (Å²) in [6.45, 7) is 3.72. The van der Waals surface area contributed by atoms with Gasteiger partial charge in [-0.05, 0) is 30.9 Å². The van der Waals surface area contributed by atoms with Gasteiger partial charge < -0.3 is 10.4 Å². The molecule has 4 nitrogen and oxygen atoms in total. The van der Waals surface area contributed by atoms with Crippen molar-refractivity contribution in [3.63, 3.8) is 0 Å². The smallest absolute Gasteiger partial charge is 0.326 e. The lowest BCUT2D eigenvalue weighted by Gasteiger charge is -2.16. The minimum atomic E-state index is -1.10. The first kappa shape index (κ1) is 16.4. The topological polar surface area (TPSA) is 66.4 Å². The number of amides is 1. The lowest BCUT2D eigenvalue weighted by Crippen LogP contribution is -2.42. The average Bonchev–Trinajstić information content (AvgIpc) is 3.17. The van der Waals surface area contributed by atoms with E-state index in [9.17, 15) is 18.4 Å². The Morgan fingerprint density at radius 3 is 2.41 bits per heavy atom. The summed E-state index contributed by atoms with van der Waals surface area (Å²) < 4.78 is 27.3. The second kappa shape index (κ2) is 6.42. The second-order valence-corrected chi connectivity index (χ2v) is 6.11. The number of rotatable bonds is 6. The fourth-order valence-electron chi connectivity index (χ4n) is 2.64. The number of hydrogen-bond donors (Lipinski definition) is 2. The fourth-order valence-corrected chi connectivity index (χ4v) is 2.64. The molecule has 0 heterocycles. The molecule has 1 aromatic carbocycles. The normalized spacial score (nSPS) is 21.5. The Labute approximate surface area is 127 Å². The number of hydrogen-bond acceptors (Lipinski definition) is 2. The van der Waals surface area contributed by atoms with Crippen LogP contribution in [-0.2, 0) is 9.59 Å². The molecule has 0 spiro atoms. The third-order valence-corrected chi connectivity index (χ3v) is 3.82. The van der Waals surface area contributed by atoms with Gasteiger partial charge >= 0.3 is 5.97 Å². The third kappa shape index (κ3) is 3.61. The van der Waals surface area contributed by atoms with E-state index < -0.39 is 41.4 Å². The van der Waals surface area contributed by atoms with Crippen molar-refractivity contribution in [2.75, 3.05) is 0 Å². The molecule has 1 fully saturated rings. The Morgan fingerprint density at radius 1 is 1.32 bits per heavy atom. The van der Waals surface area contributed by atoms with E-state index in [1.165, 1.54) is 6.07 Å². The highest BCUT2D eigenvalue weighted by Crippen LogP contribution is 2.49. The van der Waals surface area contributed by atoms with Crippen LogP contribution in [0.1, 0.15) is 38.2 Å². The van der Waals surface area contributed by atoms with E-state index in [1.54, 1.807) is 0 Å². The molecule has 0 saturated heterocycles. The van der Waals surface area contributed by atoms with Gasteiger partial charge in [-0.3, -0.25) is 4.79 Å². The molecule has 0 bridgehead atoms. The minimum Gasteiger partial charge on any atom is -0.480 e. The molecular formula is C16H19F2NO3. The van der Waals surface area contributed by atoms with Crippen molar-refractivity contribution < 1.29 is 23.5 Å². The molecule has 1 aliphatic rings. The zero-order valence-corrected chi connectivity index (χ0v) is 12.5. The van der Waals surface area contributed by atoms with E-state index in [0.717, 1.165) is 12.1 Å². The number of carboxylic acid groups (broad SMARTS) is 1. The molecule has 3 atom stereocenters. The van der Waals surface area contributed by atoms with Crippen LogP contribution < -0.4 is 5.32 Å². The van der Waals surface area contributed by atoms with Crippen LogP contribution in [0.4, 0.5) is 8.78 Å². The van der Waals surface area contributed by atoms with Crippen LogP contribution >= 0.6 is 0 Å². The van der Waals surface area contributed by atoms with Gasteiger partial charge in [-0.1, -0.05) is 19.9 Å². The highest BCUT2D eigenvalue weighted by molar-refractivity contribution is 5.87. The molecule has 2 unspecified atom stereocenters. The molecule has 22 heavy (non-hydrogen) atoms. The number of halogens is 2. The van der Waals surface area contributed by atoms with Crippen molar-refractivity contribution in [1.29, 1.82) is 0 Å². The highest BCUT2D eigenvalue weighted by Gasteiger charge is 2.47. The van der Waals surface area contributed by atoms with Crippen LogP contribution in [0.2, 0.25) is 0 Å². The molecule has 2 N–H and O–H groups in total. The van der Waals surface area contributed by atoms with Crippen molar-refractivity contribution in [3.05, 3.63) is 35.4 Å². The molecule has 0 radical (unpaired) electrons. The molecule has 6 heteroatoms. The summed E-state index contributed by atoms with van der Waals surface area (Å²) in [7, 11) is 0. The molecular weight excluding hydrogens is 292 g/mol. The number of carboxylic acids is 1. The van der Waals surface area contributed by atoms with Gasteiger partial charge in [0, 0.05) is 17.4 Å². The Bertz CT molecular complexity index is 569. The Hall–Kier alpha value is -1.98. The van der Waals surface area contributed by atoms with E-state index in [2.05, 4.69) is 5.32 Å². The number of carbonyl (C=O) groups is 2. The first-order valence-electron chi connectivity index (χ1n) is 7.28. The zero-order chi connectivity index (χ0) is 16.4. The van der Waals surface area contributed by atoms with Gasteiger partial charge in [-0.15, -0.1) is 0 Å². The summed E-state index contributed by atoms with van der Waals surface area (Å²) in [5.41, 5.74) is -0.0848. The minimum absolute atomic E-state index is 0.0848.